The Morgan fingerprint density at radius 1 is 1.16 bits per heavy atom. The summed E-state index contributed by atoms with van der Waals surface area (Å²) in [7, 11) is 2.08. The molecule has 1 aliphatic rings. The molecular weight excluding hydrogens is 240 g/mol. The quantitative estimate of drug-likeness (QED) is 0.828. The number of piperazine rings is 1. The van der Waals surface area contributed by atoms with E-state index < -0.39 is 6.10 Å². The number of hydrogen-bond donors (Lipinski definition) is 0. The van der Waals surface area contributed by atoms with Gasteiger partial charge in [-0.15, -0.1) is 0 Å². The molecule has 1 unspecified atom stereocenters. The lowest BCUT2D eigenvalue weighted by Gasteiger charge is -2.33. The maximum Gasteiger partial charge on any atom is 0.263 e. The van der Waals surface area contributed by atoms with Crippen LogP contribution in [0.5, 0.6) is 5.75 Å². The van der Waals surface area contributed by atoms with Crippen LogP contribution in [0.25, 0.3) is 0 Å². The number of carbonyl (C=O) groups excluding carboxylic acids is 1. The SMILES string of the molecule is Cc1ccc(OC(C)C(=O)N2CCN(C)CC2)cc1. The molecule has 0 aliphatic carbocycles. The summed E-state index contributed by atoms with van der Waals surface area (Å²) < 4.78 is 5.71. The van der Waals surface area contributed by atoms with Gasteiger partial charge >= 0.3 is 0 Å². The Labute approximate surface area is 115 Å². The van der Waals surface area contributed by atoms with Crippen LogP contribution in [0.1, 0.15) is 12.5 Å². The summed E-state index contributed by atoms with van der Waals surface area (Å²) in [6, 6.07) is 7.79. The first-order valence-corrected chi connectivity index (χ1v) is 6.77. The zero-order valence-corrected chi connectivity index (χ0v) is 11.9. The van der Waals surface area contributed by atoms with Crippen molar-refractivity contribution in [3.05, 3.63) is 29.8 Å². The van der Waals surface area contributed by atoms with Crippen LogP contribution in [-0.4, -0.2) is 55.0 Å². The maximum absolute atomic E-state index is 12.3. The highest BCUT2D eigenvalue weighted by atomic mass is 16.5. The first-order valence-electron chi connectivity index (χ1n) is 6.77. The molecule has 104 valence electrons. The monoisotopic (exact) mass is 262 g/mol. The number of carbonyl (C=O) groups is 1. The normalized spacial score (nSPS) is 18.2. The van der Waals surface area contributed by atoms with Gasteiger partial charge in [-0.3, -0.25) is 4.79 Å². The number of ether oxygens (including phenoxy) is 1. The van der Waals surface area contributed by atoms with E-state index in [4.69, 9.17) is 4.74 Å². The summed E-state index contributed by atoms with van der Waals surface area (Å²) in [6.07, 6.45) is -0.425. The highest BCUT2D eigenvalue weighted by molar-refractivity contribution is 5.81. The molecule has 1 atom stereocenters. The van der Waals surface area contributed by atoms with E-state index in [0.29, 0.717) is 0 Å². The van der Waals surface area contributed by atoms with Crippen molar-refractivity contribution in [2.45, 2.75) is 20.0 Å². The topological polar surface area (TPSA) is 32.8 Å². The van der Waals surface area contributed by atoms with Crippen molar-refractivity contribution in [3.63, 3.8) is 0 Å². The Kier molecular flexibility index (Phi) is 4.43. The van der Waals surface area contributed by atoms with Crippen LogP contribution in [-0.2, 0) is 4.79 Å². The van der Waals surface area contributed by atoms with E-state index in [2.05, 4.69) is 11.9 Å². The molecule has 19 heavy (non-hydrogen) atoms. The number of aryl methyl sites for hydroxylation is 1. The van der Waals surface area contributed by atoms with Gasteiger partial charge in [0.1, 0.15) is 5.75 Å². The Bertz CT molecular complexity index is 422. The Hall–Kier alpha value is -1.55. The molecule has 2 rings (SSSR count). The van der Waals surface area contributed by atoms with E-state index in [-0.39, 0.29) is 5.91 Å². The smallest absolute Gasteiger partial charge is 0.263 e. The van der Waals surface area contributed by atoms with Gasteiger partial charge < -0.3 is 14.5 Å². The number of nitrogens with zero attached hydrogens (tertiary/aromatic N) is 2. The minimum atomic E-state index is -0.425. The first-order chi connectivity index (χ1) is 9.06. The highest BCUT2D eigenvalue weighted by Gasteiger charge is 2.24. The van der Waals surface area contributed by atoms with Crippen molar-refractivity contribution < 1.29 is 9.53 Å². The average Bonchev–Trinajstić information content (AvgIpc) is 2.41. The van der Waals surface area contributed by atoms with Crippen molar-refractivity contribution in [1.29, 1.82) is 0 Å². The van der Waals surface area contributed by atoms with E-state index in [1.54, 1.807) is 0 Å². The molecule has 0 aromatic heterocycles. The largest absolute Gasteiger partial charge is 0.481 e. The molecule has 0 spiro atoms. The lowest BCUT2D eigenvalue weighted by molar-refractivity contribution is -0.139. The van der Waals surface area contributed by atoms with Crippen molar-refractivity contribution in [2.24, 2.45) is 0 Å². The summed E-state index contributed by atoms with van der Waals surface area (Å²) in [6.45, 7) is 7.29. The first kappa shape index (κ1) is 13.9. The molecule has 0 N–H and O–H groups in total. The zero-order valence-electron chi connectivity index (χ0n) is 11.9. The second kappa shape index (κ2) is 6.06. The molecule has 4 heteroatoms. The second-order valence-corrected chi connectivity index (χ2v) is 5.20. The molecule has 0 bridgehead atoms. The number of rotatable bonds is 3. The van der Waals surface area contributed by atoms with Gasteiger partial charge in [-0.25, -0.2) is 0 Å². The molecule has 0 radical (unpaired) electrons. The summed E-state index contributed by atoms with van der Waals surface area (Å²) in [5.74, 6) is 0.828. The molecule has 4 nitrogen and oxygen atoms in total. The third kappa shape index (κ3) is 3.70. The summed E-state index contributed by atoms with van der Waals surface area (Å²) in [4.78, 5) is 16.4. The van der Waals surface area contributed by atoms with E-state index in [0.717, 1.165) is 31.9 Å². The van der Waals surface area contributed by atoms with E-state index >= 15 is 0 Å². The highest BCUT2D eigenvalue weighted by Crippen LogP contribution is 2.14. The zero-order chi connectivity index (χ0) is 13.8. The van der Waals surface area contributed by atoms with Gasteiger partial charge in [-0.1, -0.05) is 17.7 Å². The minimum Gasteiger partial charge on any atom is -0.481 e. The molecule has 1 amide bonds. The van der Waals surface area contributed by atoms with Crippen LogP contribution < -0.4 is 4.74 Å². The van der Waals surface area contributed by atoms with Crippen LogP contribution in [0.2, 0.25) is 0 Å². The van der Waals surface area contributed by atoms with Crippen LogP contribution in [0, 0.1) is 6.92 Å². The molecule has 1 aromatic rings. The third-order valence-electron chi connectivity index (χ3n) is 3.50. The van der Waals surface area contributed by atoms with E-state index in [1.807, 2.05) is 43.0 Å². The lowest BCUT2D eigenvalue weighted by Crippen LogP contribution is -2.50. The van der Waals surface area contributed by atoms with Crippen LogP contribution in [0.15, 0.2) is 24.3 Å². The Morgan fingerprint density at radius 3 is 2.32 bits per heavy atom. The van der Waals surface area contributed by atoms with Crippen LogP contribution in [0.3, 0.4) is 0 Å². The minimum absolute atomic E-state index is 0.0775. The molecule has 1 aromatic carbocycles. The van der Waals surface area contributed by atoms with Crippen molar-refractivity contribution in [2.75, 3.05) is 33.2 Å². The van der Waals surface area contributed by atoms with E-state index in [9.17, 15) is 4.79 Å². The number of benzene rings is 1. The number of likely N-dealkylation sites (N-methyl/N-ethyl adjacent to an activating group) is 1. The number of amides is 1. The third-order valence-corrected chi connectivity index (χ3v) is 3.50. The van der Waals surface area contributed by atoms with Gasteiger partial charge in [0, 0.05) is 26.2 Å². The summed E-state index contributed by atoms with van der Waals surface area (Å²) in [5, 5.41) is 0. The van der Waals surface area contributed by atoms with Crippen LogP contribution >= 0.6 is 0 Å². The van der Waals surface area contributed by atoms with Crippen molar-refractivity contribution in [3.8, 4) is 5.75 Å². The standard InChI is InChI=1S/C15H22N2O2/c1-12-4-6-14(7-5-12)19-13(2)15(18)17-10-8-16(3)9-11-17/h4-7,13H,8-11H2,1-3H3. The second-order valence-electron chi connectivity index (χ2n) is 5.20. The molecule has 0 saturated carbocycles. The Balaban J connectivity index is 1.90. The lowest BCUT2D eigenvalue weighted by atomic mass is 10.2. The average molecular weight is 262 g/mol. The van der Waals surface area contributed by atoms with Gasteiger partial charge in [0.2, 0.25) is 0 Å². The number of hydrogen-bond acceptors (Lipinski definition) is 3. The fraction of sp³-hybridized carbons (Fsp3) is 0.533. The molecule has 1 fully saturated rings. The summed E-state index contributed by atoms with van der Waals surface area (Å²) >= 11 is 0. The van der Waals surface area contributed by atoms with Gasteiger partial charge in [0.05, 0.1) is 0 Å². The molecule has 1 saturated heterocycles. The molecule has 1 heterocycles. The van der Waals surface area contributed by atoms with Crippen molar-refractivity contribution >= 4 is 5.91 Å². The van der Waals surface area contributed by atoms with Crippen molar-refractivity contribution in [1.82, 2.24) is 9.80 Å². The molecular formula is C15H22N2O2. The Morgan fingerprint density at radius 2 is 1.74 bits per heavy atom. The van der Waals surface area contributed by atoms with Gasteiger partial charge in [0.15, 0.2) is 6.10 Å². The maximum atomic E-state index is 12.3. The fourth-order valence-corrected chi connectivity index (χ4v) is 2.16. The van der Waals surface area contributed by atoms with Gasteiger partial charge in [-0.05, 0) is 33.0 Å². The van der Waals surface area contributed by atoms with Gasteiger partial charge in [0.25, 0.3) is 5.91 Å². The van der Waals surface area contributed by atoms with E-state index in [1.165, 1.54) is 5.56 Å². The fourth-order valence-electron chi connectivity index (χ4n) is 2.16. The molecule has 1 aliphatic heterocycles. The van der Waals surface area contributed by atoms with Crippen LogP contribution in [0.4, 0.5) is 0 Å². The predicted molar refractivity (Wildman–Crippen MR) is 75.3 cm³/mol. The predicted octanol–water partition coefficient (Wildman–Crippen LogP) is 1.54. The summed E-state index contributed by atoms with van der Waals surface area (Å²) in [5.41, 5.74) is 1.19. The van der Waals surface area contributed by atoms with Gasteiger partial charge in [-0.2, -0.15) is 0 Å².